The SMILES string of the molecule is CC(C)Oc1ncc(C(=O)Nc2c(-c3cc(F)ccc3F)ncnc2[C@H]2CCC(F)(F)CO2)cn1. The molecule has 0 unspecified atom stereocenters. The number of amides is 1. The number of nitrogens with zero attached hydrogens (tertiary/aromatic N) is 4. The van der Waals surface area contributed by atoms with Gasteiger partial charge in [-0.1, -0.05) is 0 Å². The fourth-order valence-corrected chi connectivity index (χ4v) is 3.48. The molecule has 1 atom stereocenters. The van der Waals surface area contributed by atoms with Gasteiger partial charge in [0.15, 0.2) is 0 Å². The summed E-state index contributed by atoms with van der Waals surface area (Å²) in [7, 11) is 0. The topological polar surface area (TPSA) is 99.1 Å². The van der Waals surface area contributed by atoms with E-state index in [0.29, 0.717) is 0 Å². The third-order valence-corrected chi connectivity index (χ3v) is 5.10. The van der Waals surface area contributed by atoms with Crippen molar-refractivity contribution >= 4 is 11.6 Å². The Bertz CT molecular complexity index is 1210. The summed E-state index contributed by atoms with van der Waals surface area (Å²) in [6.07, 6.45) is 1.84. The molecule has 1 aliphatic heterocycles. The van der Waals surface area contributed by atoms with Crippen LogP contribution in [0.1, 0.15) is 48.8 Å². The van der Waals surface area contributed by atoms with Crippen LogP contribution in [0.3, 0.4) is 0 Å². The molecule has 0 radical (unpaired) electrons. The molecular weight excluding hydrogens is 470 g/mol. The van der Waals surface area contributed by atoms with Crippen LogP contribution in [0.15, 0.2) is 36.9 Å². The Labute approximate surface area is 197 Å². The van der Waals surface area contributed by atoms with Crippen LogP contribution in [0.5, 0.6) is 6.01 Å². The Morgan fingerprint density at radius 1 is 1.17 bits per heavy atom. The Balaban J connectivity index is 1.72. The van der Waals surface area contributed by atoms with Crippen LogP contribution in [-0.2, 0) is 4.74 Å². The lowest BCUT2D eigenvalue weighted by atomic mass is 10.00. The summed E-state index contributed by atoms with van der Waals surface area (Å²) in [5.74, 6) is -5.25. The Morgan fingerprint density at radius 2 is 1.91 bits per heavy atom. The molecule has 3 aromatic rings. The Hall–Kier alpha value is -3.67. The molecule has 2 aromatic heterocycles. The van der Waals surface area contributed by atoms with Crippen molar-refractivity contribution in [3.05, 3.63) is 59.8 Å². The second-order valence-corrected chi connectivity index (χ2v) is 8.18. The number of aromatic nitrogens is 4. The normalized spacial score (nSPS) is 17.3. The van der Waals surface area contributed by atoms with Crippen LogP contribution in [-0.4, -0.2) is 44.5 Å². The van der Waals surface area contributed by atoms with Crippen molar-refractivity contribution in [3.63, 3.8) is 0 Å². The quantitative estimate of drug-likeness (QED) is 0.498. The number of benzene rings is 1. The minimum absolute atomic E-state index is 0.0256. The van der Waals surface area contributed by atoms with Crippen LogP contribution >= 0.6 is 0 Å². The first-order valence-electron chi connectivity index (χ1n) is 10.7. The lowest BCUT2D eigenvalue weighted by Crippen LogP contribution is -2.32. The zero-order chi connectivity index (χ0) is 25.2. The molecule has 1 amide bonds. The molecule has 1 N–H and O–H groups in total. The molecule has 0 aliphatic carbocycles. The van der Waals surface area contributed by atoms with Crippen molar-refractivity contribution in [3.8, 4) is 17.3 Å². The molecule has 35 heavy (non-hydrogen) atoms. The van der Waals surface area contributed by atoms with E-state index in [1.807, 2.05) is 0 Å². The summed E-state index contributed by atoms with van der Waals surface area (Å²) in [6, 6.07) is 2.83. The molecule has 184 valence electrons. The minimum atomic E-state index is -3.00. The van der Waals surface area contributed by atoms with E-state index in [-0.39, 0.29) is 46.7 Å². The number of carbonyl (C=O) groups is 1. The van der Waals surface area contributed by atoms with Gasteiger partial charge in [0.1, 0.15) is 36.4 Å². The Morgan fingerprint density at radius 3 is 2.57 bits per heavy atom. The van der Waals surface area contributed by atoms with E-state index in [1.54, 1.807) is 13.8 Å². The molecular formula is C23H21F4N5O3. The van der Waals surface area contributed by atoms with Gasteiger partial charge in [-0.2, -0.15) is 0 Å². The van der Waals surface area contributed by atoms with Crippen LogP contribution < -0.4 is 10.1 Å². The average Bonchev–Trinajstić information content (AvgIpc) is 2.81. The van der Waals surface area contributed by atoms with E-state index in [9.17, 15) is 22.4 Å². The maximum Gasteiger partial charge on any atom is 0.316 e. The highest BCUT2D eigenvalue weighted by atomic mass is 19.3. The van der Waals surface area contributed by atoms with Crippen LogP contribution in [0, 0.1) is 11.6 Å². The fraction of sp³-hybridized carbons (Fsp3) is 0.348. The minimum Gasteiger partial charge on any atom is -0.461 e. The summed E-state index contributed by atoms with van der Waals surface area (Å²) < 4.78 is 66.5. The monoisotopic (exact) mass is 491 g/mol. The second kappa shape index (κ2) is 9.90. The summed E-state index contributed by atoms with van der Waals surface area (Å²) in [4.78, 5) is 29.1. The molecule has 0 bridgehead atoms. The van der Waals surface area contributed by atoms with E-state index in [4.69, 9.17) is 9.47 Å². The number of halogens is 4. The van der Waals surface area contributed by atoms with Gasteiger partial charge >= 0.3 is 6.01 Å². The van der Waals surface area contributed by atoms with Crippen molar-refractivity contribution in [1.82, 2.24) is 19.9 Å². The third-order valence-electron chi connectivity index (χ3n) is 5.10. The van der Waals surface area contributed by atoms with Crippen molar-refractivity contribution in [1.29, 1.82) is 0 Å². The first kappa shape index (κ1) is 24.5. The number of anilines is 1. The van der Waals surface area contributed by atoms with Gasteiger partial charge < -0.3 is 14.8 Å². The summed E-state index contributed by atoms with van der Waals surface area (Å²) in [5.41, 5.74) is -0.399. The largest absolute Gasteiger partial charge is 0.461 e. The molecule has 8 nitrogen and oxygen atoms in total. The van der Waals surface area contributed by atoms with E-state index < -0.39 is 42.6 Å². The predicted molar refractivity (Wildman–Crippen MR) is 116 cm³/mol. The van der Waals surface area contributed by atoms with Gasteiger partial charge in [0.2, 0.25) is 0 Å². The molecule has 0 spiro atoms. The number of hydrogen-bond donors (Lipinski definition) is 1. The molecule has 1 saturated heterocycles. The van der Waals surface area contributed by atoms with Gasteiger partial charge in [0.25, 0.3) is 11.8 Å². The zero-order valence-electron chi connectivity index (χ0n) is 18.8. The zero-order valence-corrected chi connectivity index (χ0v) is 18.8. The summed E-state index contributed by atoms with van der Waals surface area (Å²) in [6.45, 7) is 2.73. The standard InChI is InChI=1S/C23H21F4N5O3/c1-12(2)35-22-28-8-13(9-29-22)21(33)32-20-18(15-7-14(24)3-4-16(15)25)30-11-31-19(20)17-5-6-23(26,27)10-34-17/h3-4,7-9,11-12,17H,5-6,10H2,1-2H3,(H,32,33)/t17-/m1/s1. The van der Waals surface area contributed by atoms with Gasteiger partial charge in [-0.05, 0) is 38.5 Å². The van der Waals surface area contributed by atoms with Gasteiger partial charge in [-0.15, -0.1) is 0 Å². The van der Waals surface area contributed by atoms with E-state index in [0.717, 1.165) is 24.5 Å². The molecule has 1 fully saturated rings. The number of nitrogens with one attached hydrogen (secondary N) is 1. The number of carbonyl (C=O) groups excluding carboxylic acids is 1. The second-order valence-electron chi connectivity index (χ2n) is 8.18. The van der Waals surface area contributed by atoms with Crippen molar-refractivity contribution < 1.29 is 31.8 Å². The van der Waals surface area contributed by atoms with Crippen LogP contribution in [0.4, 0.5) is 23.2 Å². The van der Waals surface area contributed by atoms with E-state index in [1.165, 1.54) is 12.4 Å². The maximum absolute atomic E-state index is 14.6. The molecule has 1 aliphatic rings. The van der Waals surface area contributed by atoms with Crippen molar-refractivity contribution in [2.24, 2.45) is 0 Å². The summed E-state index contributed by atoms with van der Waals surface area (Å²) >= 11 is 0. The van der Waals surface area contributed by atoms with E-state index in [2.05, 4.69) is 25.3 Å². The highest BCUT2D eigenvalue weighted by Crippen LogP contribution is 2.40. The van der Waals surface area contributed by atoms with E-state index >= 15 is 0 Å². The third kappa shape index (κ3) is 5.70. The number of alkyl halides is 2. The molecule has 4 rings (SSSR count). The van der Waals surface area contributed by atoms with Gasteiger partial charge in [0.05, 0.1) is 23.0 Å². The van der Waals surface area contributed by atoms with Crippen LogP contribution in [0.2, 0.25) is 0 Å². The van der Waals surface area contributed by atoms with Crippen molar-refractivity contribution in [2.75, 3.05) is 11.9 Å². The highest BCUT2D eigenvalue weighted by molar-refractivity contribution is 6.06. The van der Waals surface area contributed by atoms with Gasteiger partial charge in [0, 0.05) is 24.4 Å². The molecule has 12 heteroatoms. The molecule has 0 saturated carbocycles. The van der Waals surface area contributed by atoms with Crippen molar-refractivity contribution in [2.45, 2.75) is 44.8 Å². The summed E-state index contributed by atoms with van der Waals surface area (Å²) in [5, 5.41) is 2.58. The number of ether oxygens (including phenoxy) is 2. The van der Waals surface area contributed by atoms with Gasteiger partial charge in [-0.25, -0.2) is 37.5 Å². The smallest absolute Gasteiger partial charge is 0.316 e. The Kier molecular flexibility index (Phi) is 6.92. The molecule has 1 aromatic carbocycles. The maximum atomic E-state index is 14.6. The first-order chi connectivity index (χ1) is 16.6. The lowest BCUT2D eigenvalue weighted by molar-refractivity contribution is -0.146. The van der Waals surface area contributed by atoms with Crippen LogP contribution in [0.25, 0.3) is 11.3 Å². The average molecular weight is 491 g/mol. The lowest BCUT2D eigenvalue weighted by Gasteiger charge is -2.29. The molecule has 3 heterocycles. The predicted octanol–water partition coefficient (Wildman–Crippen LogP) is 4.74. The fourth-order valence-electron chi connectivity index (χ4n) is 3.48. The highest BCUT2D eigenvalue weighted by Gasteiger charge is 2.38. The first-order valence-corrected chi connectivity index (χ1v) is 10.7. The number of rotatable bonds is 6. The number of hydrogen-bond acceptors (Lipinski definition) is 7. The van der Waals surface area contributed by atoms with Gasteiger partial charge in [-0.3, -0.25) is 4.79 Å².